The molecule has 2 aliphatic heterocycles. The minimum absolute atomic E-state index is 0.0238. The van der Waals surface area contributed by atoms with Gasteiger partial charge in [-0.3, -0.25) is 9.69 Å². The number of aliphatic hydroxyl groups excluding tert-OH is 1. The fourth-order valence-corrected chi connectivity index (χ4v) is 4.32. The second-order valence-corrected chi connectivity index (χ2v) is 7.80. The van der Waals surface area contributed by atoms with Gasteiger partial charge in [-0.2, -0.15) is 0 Å². The molecule has 158 valence electrons. The molecule has 0 saturated carbocycles. The molecule has 0 bridgehead atoms. The van der Waals surface area contributed by atoms with Crippen LogP contribution in [0.3, 0.4) is 0 Å². The lowest BCUT2D eigenvalue weighted by atomic mass is 9.85. The molecule has 1 N–H and O–H groups in total. The molecule has 8 nitrogen and oxygen atoms in total. The van der Waals surface area contributed by atoms with Crippen LogP contribution in [-0.2, 0) is 17.8 Å². The number of β-amino-alcohol motifs (C(OH)–C–C–N with tert-alkyl or cyclic N) is 1. The van der Waals surface area contributed by atoms with E-state index in [-0.39, 0.29) is 25.1 Å². The summed E-state index contributed by atoms with van der Waals surface area (Å²) in [6.45, 7) is 3.39. The van der Waals surface area contributed by atoms with Crippen molar-refractivity contribution in [2.24, 2.45) is 0 Å². The monoisotopic (exact) mass is 409 g/mol. The molecule has 1 aromatic heterocycles. The highest BCUT2D eigenvalue weighted by Crippen LogP contribution is 2.38. The number of piperidine rings is 1. The Kier molecular flexibility index (Phi) is 5.67. The lowest BCUT2D eigenvalue weighted by molar-refractivity contribution is -0.134. The molecular weight excluding hydrogens is 382 g/mol. The number of rotatable bonds is 6. The van der Waals surface area contributed by atoms with E-state index in [0.717, 1.165) is 17.5 Å². The Bertz CT molecular complexity index is 895. The molecule has 2 saturated heterocycles. The third-order valence-corrected chi connectivity index (χ3v) is 6.10. The molecule has 3 amide bonds. The van der Waals surface area contributed by atoms with Crippen molar-refractivity contribution >= 4 is 17.9 Å². The van der Waals surface area contributed by atoms with Crippen LogP contribution < -0.4 is 4.90 Å². The maximum atomic E-state index is 13.3. The number of benzene rings is 1. The molecule has 2 aliphatic rings. The summed E-state index contributed by atoms with van der Waals surface area (Å²) in [6, 6.07) is 9.37. The highest BCUT2D eigenvalue weighted by Gasteiger charge is 2.57. The number of nitrogens with zero attached hydrogens (tertiary/aromatic N) is 5. The summed E-state index contributed by atoms with van der Waals surface area (Å²) in [5.41, 5.74) is 1.17. The van der Waals surface area contributed by atoms with Gasteiger partial charge in [0.1, 0.15) is 5.54 Å². The first kappa shape index (κ1) is 20.3. The number of carbonyl (C=O) groups is 2. The van der Waals surface area contributed by atoms with E-state index < -0.39 is 5.54 Å². The fourth-order valence-electron chi connectivity index (χ4n) is 4.32. The molecule has 30 heavy (non-hydrogen) atoms. The largest absolute Gasteiger partial charge is 0.395 e. The Morgan fingerprint density at radius 2 is 1.70 bits per heavy atom. The molecule has 0 unspecified atom stereocenters. The molecule has 2 fully saturated rings. The third kappa shape index (κ3) is 3.52. The molecule has 1 spiro atoms. The van der Waals surface area contributed by atoms with E-state index in [1.54, 1.807) is 4.90 Å². The Morgan fingerprint density at radius 3 is 2.30 bits per heavy atom. The van der Waals surface area contributed by atoms with Gasteiger partial charge in [-0.25, -0.2) is 14.8 Å². The van der Waals surface area contributed by atoms with Crippen LogP contribution in [0.15, 0.2) is 42.7 Å². The van der Waals surface area contributed by atoms with Gasteiger partial charge in [0.05, 0.1) is 13.2 Å². The third-order valence-electron chi connectivity index (χ3n) is 6.10. The number of carbonyl (C=O) groups excluding carboxylic acids is 2. The quantitative estimate of drug-likeness (QED) is 0.732. The van der Waals surface area contributed by atoms with E-state index in [1.807, 2.05) is 42.7 Å². The van der Waals surface area contributed by atoms with Crippen molar-refractivity contribution in [3.63, 3.8) is 0 Å². The Labute approximate surface area is 176 Å². The van der Waals surface area contributed by atoms with E-state index in [2.05, 4.69) is 21.8 Å². The maximum Gasteiger partial charge on any atom is 0.328 e. The fraction of sp³-hybridized carbons (Fsp3) is 0.455. The molecule has 3 heterocycles. The summed E-state index contributed by atoms with van der Waals surface area (Å²) < 4.78 is 0. The summed E-state index contributed by atoms with van der Waals surface area (Å²) >= 11 is 0. The van der Waals surface area contributed by atoms with Gasteiger partial charge in [0, 0.05) is 32.0 Å². The summed E-state index contributed by atoms with van der Waals surface area (Å²) in [4.78, 5) is 40.3. The smallest absolute Gasteiger partial charge is 0.328 e. The molecule has 4 rings (SSSR count). The zero-order valence-corrected chi connectivity index (χ0v) is 17.2. The molecule has 1 aromatic carbocycles. The Hall–Kier alpha value is -3.00. The van der Waals surface area contributed by atoms with Crippen molar-refractivity contribution < 1.29 is 14.7 Å². The van der Waals surface area contributed by atoms with Crippen molar-refractivity contribution in [2.45, 2.75) is 38.3 Å². The predicted octanol–water partition coefficient (Wildman–Crippen LogP) is 1.83. The number of hydrogen-bond donors (Lipinski definition) is 1. The van der Waals surface area contributed by atoms with Crippen LogP contribution in [-0.4, -0.2) is 68.6 Å². The molecule has 2 aromatic rings. The number of aliphatic hydroxyl groups is 1. The summed E-state index contributed by atoms with van der Waals surface area (Å²) in [5, 5.41) is 9.37. The van der Waals surface area contributed by atoms with Crippen molar-refractivity contribution in [2.75, 3.05) is 31.1 Å². The number of aromatic nitrogens is 2. The van der Waals surface area contributed by atoms with Crippen LogP contribution in [0.2, 0.25) is 0 Å². The van der Waals surface area contributed by atoms with Crippen LogP contribution in [0.1, 0.15) is 30.9 Å². The molecular formula is C22H27N5O3. The average molecular weight is 409 g/mol. The summed E-state index contributed by atoms with van der Waals surface area (Å²) in [5.74, 6) is 0.444. The lowest BCUT2D eigenvalue weighted by Gasteiger charge is -2.42. The van der Waals surface area contributed by atoms with Gasteiger partial charge in [0.2, 0.25) is 5.95 Å². The number of anilines is 1. The van der Waals surface area contributed by atoms with Crippen LogP contribution in [0, 0.1) is 0 Å². The SMILES string of the molecule is CCc1cnc(N2CCC3(CC2)C(=O)N(CCO)C(=O)N3Cc2ccccc2)nc1. The van der Waals surface area contributed by atoms with E-state index in [9.17, 15) is 14.7 Å². The molecule has 0 aliphatic carbocycles. The summed E-state index contributed by atoms with van der Waals surface area (Å²) in [6.07, 6.45) is 5.56. The Morgan fingerprint density at radius 1 is 1.03 bits per heavy atom. The second kappa shape index (κ2) is 8.39. The lowest BCUT2D eigenvalue weighted by Crippen LogP contribution is -2.56. The van der Waals surface area contributed by atoms with E-state index >= 15 is 0 Å². The zero-order chi connectivity index (χ0) is 21.1. The average Bonchev–Trinajstić information content (AvgIpc) is 2.97. The van der Waals surface area contributed by atoms with Crippen molar-refractivity contribution in [3.8, 4) is 0 Å². The number of aryl methyl sites for hydroxylation is 1. The van der Waals surface area contributed by atoms with Gasteiger partial charge < -0.3 is 14.9 Å². The van der Waals surface area contributed by atoms with Crippen molar-refractivity contribution in [1.82, 2.24) is 19.8 Å². The van der Waals surface area contributed by atoms with Crippen LogP contribution >= 0.6 is 0 Å². The highest BCUT2D eigenvalue weighted by molar-refractivity contribution is 6.07. The van der Waals surface area contributed by atoms with Crippen molar-refractivity contribution in [1.29, 1.82) is 0 Å². The predicted molar refractivity (Wildman–Crippen MR) is 112 cm³/mol. The number of urea groups is 1. The van der Waals surface area contributed by atoms with Gasteiger partial charge in [0.25, 0.3) is 5.91 Å². The Balaban J connectivity index is 1.57. The molecule has 0 atom stereocenters. The second-order valence-electron chi connectivity index (χ2n) is 7.80. The number of hydrogen-bond acceptors (Lipinski definition) is 6. The van der Waals surface area contributed by atoms with E-state index in [4.69, 9.17) is 0 Å². The maximum absolute atomic E-state index is 13.3. The van der Waals surface area contributed by atoms with Gasteiger partial charge in [-0.05, 0) is 30.4 Å². The standard InChI is InChI=1S/C22H27N5O3/c1-2-17-14-23-20(24-15-17)25-10-8-22(9-11-25)19(29)26(12-13-28)21(30)27(22)16-18-6-4-3-5-7-18/h3-7,14-15,28H,2,8-13,16H2,1H3. The normalized spacial score (nSPS) is 18.5. The van der Waals surface area contributed by atoms with Crippen LogP contribution in [0.5, 0.6) is 0 Å². The topological polar surface area (TPSA) is 89.9 Å². The first-order valence-electron chi connectivity index (χ1n) is 10.4. The van der Waals surface area contributed by atoms with Crippen molar-refractivity contribution in [3.05, 3.63) is 53.9 Å². The van der Waals surface area contributed by atoms with Gasteiger partial charge in [-0.1, -0.05) is 37.3 Å². The highest BCUT2D eigenvalue weighted by atomic mass is 16.3. The van der Waals surface area contributed by atoms with Crippen LogP contribution in [0.25, 0.3) is 0 Å². The number of imide groups is 1. The minimum atomic E-state index is -0.887. The first-order valence-corrected chi connectivity index (χ1v) is 10.4. The first-order chi connectivity index (χ1) is 14.6. The van der Waals surface area contributed by atoms with Gasteiger partial charge in [-0.15, -0.1) is 0 Å². The number of amides is 3. The molecule has 0 radical (unpaired) electrons. The van der Waals surface area contributed by atoms with Gasteiger partial charge >= 0.3 is 6.03 Å². The van der Waals surface area contributed by atoms with E-state index in [1.165, 1.54) is 4.90 Å². The zero-order valence-electron chi connectivity index (χ0n) is 17.2. The summed E-state index contributed by atoms with van der Waals surface area (Å²) in [7, 11) is 0. The minimum Gasteiger partial charge on any atom is -0.395 e. The molecule has 8 heteroatoms. The van der Waals surface area contributed by atoms with Crippen LogP contribution in [0.4, 0.5) is 10.7 Å². The van der Waals surface area contributed by atoms with Gasteiger partial charge in [0.15, 0.2) is 0 Å². The van der Waals surface area contributed by atoms with E-state index in [0.29, 0.717) is 38.4 Å².